The Morgan fingerprint density at radius 1 is 1.24 bits per heavy atom. The summed E-state index contributed by atoms with van der Waals surface area (Å²) < 4.78 is 6.66. The molecular formula is C17H19N3O5. The Bertz CT molecular complexity index is 837. The van der Waals surface area contributed by atoms with Gasteiger partial charge in [0.05, 0.1) is 17.1 Å². The van der Waals surface area contributed by atoms with Crippen LogP contribution in [0.3, 0.4) is 0 Å². The maximum absolute atomic E-state index is 12.6. The van der Waals surface area contributed by atoms with E-state index in [1.807, 2.05) is 0 Å². The van der Waals surface area contributed by atoms with Crippen molar-refractivity contribution in [2.45, 2.75) is 20.8 Å². The van der Waals surface area contributed by atoms with Gasteiger partial charge in [0.2, 0.25) is 0 Å². The minimum absolute atomic E-state index is 0.0605. The zero-order chi connectivity index (χ0) is 18.7. The van der Waals surface area contributed by atoms with E-state index in [9.17, 15) is 19.7 Å². The smallest absolute Gasteiger partial charge is 0.355 e. The first-order valence-corrected chi connectivity index (χ1v) is 7.66. The molecule has 2 rings (SSSR count). The van der Waals surface area contributed by atoms with E-state index < -0.39 is 16.8 Å². The van der Waals surface area contributed by atoms with Crippen molar-refractivity contribution >= 4 is 23.3 Å². The van der Waals surface area contributed by atoms with Crippen LogP contribution in [0.25, 0.3) is 0 Å². The van der Waals surface area contributed by atoms with Crippen LogP contribution in [0.1, 0.15) is 39.0 Å². The molecule has 0 bridgehead atoms. The molecule has 1 aromatic carbocycles. The number of nitro groups is 1. The van der Waals surface area contributed by atoms with E-state index in [4.69, 9.17) is 4.74 Å². The summed E-state index contributed by atoms with van der Waals surface area (Å²) in [7, 11) is 1.69. The largest absolute Gasteiger partial charge is 0.461 e. The van der Waals surface area contributed by atoms with Gasteiger partial charge in [-0.2, -0.15) is 0 Å². The van der Waals surface area contributed by atoms with Crippen LogP contribution in [0.4, 0.5) is 11.4 Å². The topological polar surface area (TPSA) is 103 Å². The van der Waals surface area contributed by atoms with Gasteiger partial charge in [-0.05, 0) is 38.5 Å². The highest BCUT2D eigenvalue weighted by Gasteiger charge is 2.25. The number of non-ortho nitro benzene ring substituents is 1. The van der Waals surface area contributed by atoms with Crippen LogP contribution in [0.15, 0.2) is 24.3 Å². The first-order valence-electron chi connectivity index (χ1n) is 7.66. The standard InChI is InChI=1S/C17H19N3O5/c1-5-25-17(22)15-10(2)14(11(3)19(15)4)16(21)18-12-6-8-13(9-7-12)20(23)24/h6-9H,5H2,1-4H3,(H,18,21). The van der Waals surface area contributed by atoms with E-state index in [-0.39, 0.29) is 12.3 Å². The molecule has 8 nitrogen and oxygen atoms in total. The van der Waals surface area contributed by atoms with E-state index in [2.05, 4.69) is 5.32 Å². The number of nitrogens with zero attached hydrogens (tertiary/aromatic N) is 2. The average molecular weight is 345 g/mol. The average Bonchev–Trinajstić information content (AvgIpc) is 2.77. The number of carbonyl (C=O) groups excluding carboxylic acids is 2. The van der Waals surface area contributed by atoms with Crippen molar-refractivity contribution in [1.82, 2.24) is 4.57 Å². The second-order valence-corrected chi connectivity index (χ2v) is 5.47. The number of ether oxygens (including phenoxy) is 1. The predicted molar refractivity (Wildman–Crippen MR) is 91.9 cm³/mol. The van der Waals surface area contributed by atoms with Crippen molar-refractivity contribution in [3.63, 3.8) is 0 Å². The van der Waals surface area contributed by atoms with Gasteiger partial charge in [-0.15, -0.1) is 0 Å². The Kier molecular flexibility index (Phi) is 5.21. The first-order chi connectivity index (χ1) is 11.8. The lowest BCUT2D eigenvalue weighted by Gasteiger charge is -2.06. The van der Waals surface area contributed by atoms with Crippen LogP contribution < -0.4 is 5.32 Å². The molecule has 0 radical (unpaired) electrons. The van der Waals surface area contributed by atoms with Crippen LogP contribution in [0.5, 0.6) is 0 Å². The number of esters is 1. The van der Waals surface area contributed by atoms with Crippen LogP contribution in [-0.2, 0) is 11.8 Å². The van der Waals surface area contributed by atoms with E-state index in [1.54, 1.807) is 32.4 Å². The fraction of sp³-hybridized carbons (Fsp3) is 0.294. The third-order valence-corrected chi connectivity index (χ3v) is 3.96. The maximum atomic E-state index is 12.6. The van der Waals surface area contributed by atoms with E-state index in [1.165, 1.54) is 24.3 Å². The Balaban J connectivity index is 2.32. The Hall–Kier alpha value is -3.16. The van der Waals surface area contributed by atoms with Crippen molar-refractivity contribution in [2.24, 2.45) is 7.05 Å². The van der Waals surface area contributed by atoms with E-state index in [0.717, 1.165) is 0 Å². The molecule has 0 saturated carbocycles. The molecule has 1 heterocycles. The maximum Gasteiger partial charge on any atom is 0.355 e. The summed E-state index contributed by atoms with van der Waals surface area (Å²) in [5.41, 5.74) is 2.22. The van der Waals surface area contributed by atoms with Crippen molar-refractivity contribution < 1.29 is 19.2 Å². The van der Waals surface area contributed by atoms with Gasteiger partial charge in [-0.25, -0.2) is 4.79 Å². The SMILES string of the molecule is CCOC(=O)c1c(C)c(C(=O)Nc2ccc([N+](=O)[O-])cc2)c(C)n1C. The number of nitrogens with one attached hydrogen (secondary N) is 1. The van der Waals surface area contributed by atoms with Gasteiger partial charge in [-0.1, -0.05) is 0 Å². The third-order valence-electron chi connectivity index (χ3n) is 3.96. The zero-order valence-electron chi connectivity index (χ0n) is 14.5. The molecule has 0 spiro atoms. The molecule has 0 aliphatic rings. The van der Waals surface area contributed by atoms with Gasteiger partial charge < -0.3 is 14.6 Å². The molecule has 0 unspecified atom stereocenters. The second-order valence-electron chi connectivity index (χ2n) is 5.47. The number of anilines is 1. The van der Waals surface area contributed by atoms with Gasteiger partial charge in [0.1, 0.15) is 5.69 Å². The summed E-state index contributed by atoms with van der Waals surface area (Å²) in [5.74, 6) is -0.880. The number of hydrogen-bond acceptors (Lipinski definition) is 5. The fourth-order valence-electron chi connectivity index (χ4n) is 2.66. The summed E-state index contributed by atoms with van der Waals surface area (Å²) >= 11 is 0. The number of benzene rings is 1. The Morgan fingerprint density at radius 2 is 1.84 bits per heavy atom. The summed E-state index contributed by atoms with van der Waals surface area (Å²) in [6, 6.07) is 5.53. The summed E-state index contributed by atoms with van der Waals surface area (Å²) in [6.45, 7) is 5.38. The first kappa shape index (κ1) is 18.2. The van der Waals surface area contributed by atoms with Gasteiger partial charge in [0, 0.05) is 30.6 Å². The van der Waals surface area contributed by atoms with E-state index in [0.29, 0.717) is 28.2 Å². The lowest BCUT2D eigenvalue weighted by molar-refractivity contribution is -0.384. The number of carbonyl (C=O) groups is 2. The molecule has 1 N–H and O–H groups in total. The number of hydrogen-bond donors (Lipinski definition) is 1. The number of nitro benzene ring substituents is 1. The molecule has 0 aliphatic heterocycles. The quantitative estimate of drug-likeness (QED) is 0.510. The van der Waals surface area contributed by atoms with Gasteiger partial charge in [0.25, 0.3) is 11.6 Å². The molecule has 25 heavy (non-hydrogen) atoms. The highest BCUT2D eigenvalue weighted by atomic mass is 16.6. The predicted octanol–water partition coefficient (Wildman–Crippen LogP) is 2.98. The minimum atomic E-state index is -0.511. The molecule has 1 aromatic heterocycles. The van der Waals surface area contributed by atoms with Gasteiger partial charge >= 0.3 is 5.97 Å². The van der Waals surface area contributed by atoms with Crippen molar-refractivity contribution in [3.05, 3.63) is 56.9 Å². The molecule has 0 atom stereocenters. The van der Waals surface area contributed by atoms with E-state index >= 15 is 0 Å². The van der Waals surface area contributed by atoms with Crippen LogP contribution in [-0.4, -0.2) is 28.0 Å². The molecular weight excluding hydrogens is 326 g/mol. The lowest BCUT2D eigenvalue weighted by Crippen LogP contribution is -2.14. The molecule has 0 saturated heterocycles. The van der Waals surface area contributed by atoms with Crippen molar-refractivity contribution in [1.29, 1.82) is 0 Å². The third kappa shape index (κ3) is 3.52. The van der Waals surface area contributed by atoms with Crippen LogP contribution in [0.2, 0.25) is 0 Å². The minimum Gasteiger partial charge on any atom is -0.461 e. The monoisotopic (exact) mass is 345 g/mol. The van der Waals surface area contributed by atoms with Gasteiger partial charge in [0.15, 0.2) is 0 Å². The Morgan fingerprint density at radius 3 is 2.36 bits per heavy atom. The molecule has 0 fully saturated rings. The Labute approximate surface area is 144 Å². The van der Waals surface area contributed by atoms with Crippen LogP contribution in [0, 0.1) is 24.0 Å². The van der Waals surface area contributed by atoms with Gasteiger partial charge in [-0.3, -0.25) is 14.9 Å². The lowest BCUT2D eigenvalue weighted by atomic mass is 10.1. The normalized spacial score (nSPS) is 10.4. The molecule has 1 amide bonds. The molecule has 0 aliphatic carbocycles. The summed E-state index contributed by atoms with van der Waals surface area (Å²) in [4.78, 5) is 34.9. The zero-order valence-corrected chi connectivity index (χ0v) is 14.5. The van der Waals surface area contributed by atoms with Crippen molar-refractivity contribution in [3.8, 4) is 0 Å². The molecule has 132 valence electrons. The highest BCUT2D eigenvalue weighted by molar-refractivity contribution is 6.08. The summed E-state index contributed by atoms with van der Waals surface area (Å²) in [6.07, 6.45) is 0. The number of rotatable bonds is 5. The highest BCUT2D eigenvalue weighted by Crippen LogP contribution is 2.24. The van der Waals surface area contributed by atoms with Crippen LogP contribution >= 0.6 is 0 Å². The van der Waals surface area contributed by atoms with Crippen molar-refractivity contribution in [2.75, 3.05) is 11.9 Å². The number of amides is 1. The summed E-state index contributed by atoms with van der Waals surface area (Å²) in [5, 5.41) is 13.4. The molecule has 2 aromatic rings. The second kappa shape index (κ2) is 7.16. The molecule has 8 heteroatoms. The fourth-order valence-corrected chi connectivity index (χ4v) is 2.66. The number of aromatic nitrogens is 1.